The molecule has 2 aromatic rings. The maximum atomic E-state index is 11.5. The normalized spacial score (nSPS) is 19.8. The summed E-state index contributed by atoms with van der Waals surface area (Å²) in [6, 6.07) is 9.99. The van der Waals surface area contributed by atoms with E-state index in [0.717, 1.165) is 36.6 Å². The average Bonchev–Trinajstić information content (AvgIpc) is 3.30. The minimum Gasteiger partial charge on any atom is -0.486 e. The molecule has 1 unspecified atom stereocenters. The minimum absolute atomic E-state index is 0.243. The quantitative estimate of drug-likeness (QED) is 0.795. The zero-order chi connectivity index (χ0) is 17.2. The highest BCUT2D eigenvalue weighted by Crippen LogP contribution is 2.38. The molecule has 0 amide bonds. The zero-order valence-corrected chi connectivity index (χ0v) is 14.2. The van der Waals surface area contributed by atoms with Gasteiger partial charge < -0.3 is 18.6 Å². The number of ether oxygens (including phenoxy) is 3. The molecule has 0 aliphatic carbocycles. The van der Waals surface area contributed by atoms with Gasteiger partial charge in [0.15, 0.2) is 11.5 Å². The van der Waals surface area contributed by atoms with Gasteiger partial charge in [-0.1, -0.05) is 6.07 Å². The molecule has 0 spiro atoms. The number of furan rings is 1. The molecule has 25 heavy (non-hydrogen) atoms. The maximum Gasteiger partial charge on any atom is 0.373 e. The van der Waals surface area contributed by atoms with Crippen molar-refractivity contribution in [2.24, 2.45) is 0 Å². The molecular weight excluding hydrogens is 322 g/mol. The highest BCUT2D eigenvalue weighted by Gasteiger charge is 2.28. The van der Waals surface area contributed by atoms with Crippen LogP contribution in [0.3, 0.4) is 0 Å². The van der Waals surface area contributed by atoms with Crippen molar-refractivity contribution in [3.05, 3.63) is 47.4 Å². The van der Waals surface area contributed by atoms with Gasteiger partial charge in [-0.15, -0.1) is 0 Å². The number of benzene rings is 1. The number of rotatable bonds is 4. The van der Waals surface area contributed by atoms with Gasteiger partial charge in [-0.25, -0.2) is 4.79 Å². The summed E-state index contributed by atoms with van der Waals surface area (Å²) < 4.78 is 21.6. The van der Waals surface area contributed by atoms with Gasteiger partial charge in [0.05, 0.1) is 13.7 Å². The molecule has 0 saturated carbocycles. The standard InChI is InChI=1S/C19H21NO5/c1-22-19(21)17-7-5-14(25-17)12-20-8-2-3-15(20)13-4-6-16-18(11-13)24-10-9-23-16/h4-7,11,15H,2-3,8-10,12H2,1H3. The summed E-state index contributed by atoms with van der Waals surface area (Å²) in [5.41, 5.74) is 1.22. The van der Waals surface area contributed by atoms with Gasteiger partial charge in [-0.3, -0.25) is 4.90 Å². The molecule has 6 heteroatoms. The third-order valence-corrected chi connectivity index (χ3v) is 4.72. The van der Waals surface area contributed by atoms with Crippen molar-refractivity contribution in [2.75, 3.05) is 26.9 Å². The monoisotopic (exact) mass is 343 g/mol. The Labute approximate surface area is 146 Å². The second-order valence-corrected chi connectivity index (χ2v) is 6.29. The van der Waals surface area contributed by atoms with Crippen LogP contribution in [0.1, 0.15) is 40.8 Å². The highest BCUT2D eigenvalue weighted by molar-refractivity contribution is 5.86. The lowest BCUT2D eigenvalue weighted by Gasteiger charge is -2.25. The molecule has 1 saturated heterocycles. The lowest BCUT2D eigenvalue weighted by Crippen LogP contribution is -2.23. The van der Waals surface area contributed by atoms with Crippen LogP contribution in [0.15, 0.2) is 34.7 Å². The van der Waals surface area contributed by atoms with E-state index in [9.17, 15) is 4.79 Å². The topological polar surface area (TPSA) is 61.1 Å². The van der Waals surface area contributed by atoms with Crippen molar-refractivity contribution in [2.45, 2.75) is 25.4 Å². The van der Waals surface area contributed by atoms with Crippen LogP contribution >= 0.6 is 0 Å². The van der Waals surface area contributed by atoms with Crippen molar-refractivity contribution >= 4 is 5.97 Å². The van der Waals surface area contributed by atoms with E-state index in [1.807, 2.05) is 12.1 Å². The fourth-order valence-corrected chi connectivity index (χ4v) is 3.53. The summed E-state index contributed by atoms with van der Waals surface area (Å²) in [6.45, 7) is 2.85. The Morgan fingerprint density at radius 1 is 1.20 bits per heavy atom. The van der Waals surface area contributed by atoms with Gasteiger partial charge in [-0.2, -0.15) is 0 Å². The summed E-state index contributed by atoms with van der Waals surface area (Å²) in [7, 11) is 1.35. The van der Waals surface area contributed by atoms with Crippen molar-refractivity contribution in [3.63, 3.8) is 0 Å². The van der Waals surface area contributed by atoms with Crippen LogP contribution in [-0.4, -0.2) is 37.7 Å². The fourth-order valence-electron chi connectivity index (χ4n) is 3.53. The first kappa shape index (κ1) is 16.0. The summed E-state index contributed by atoms with van der Waals surface area (Å²) in [6.07, 6.45) is 2.22. The van der Waals surface area contributed by atoms with Crippen LogP contribution in [0.5, 0.6) is 11.5 Å². The van der Waals surface area contributed by atoms with Crippen molar-refractivity contribution in [1.29, 1.82) is 0 Å². The smallest absolute Gasteiger partial charge is 0.373 e. The SMILES string of the molecule is COC(=O)c1ccc(CN2CCCC2c2ccc3c(c2)OCCO3)o1. The maximum absolute atomic E-state index is 11.5. The van der Waals surface area contributed by atoms with Gasteiger partial charge in [-0.05, 0) is 49.2 Å². The number of esters is 1. The third-order valence-electron chi connectivity index (χ3n) is 4.72. The molecule has 3 heterocycles. The summed E-state index contributed by atoms with van der Waals surface area (Å²) in [4.78, 5) is 13.9. The minimum atomic E-state index is -0.448. The first-order valence-electron chi connectivity index (χ1n) is 8.55. The molecule has 2 aliphatic rings. The van der Waals surface area contributed by atoms with Crippen molar-refractivity contribution in [3.8, 4) is 11.5 Å². The van der Waals surface area contributed by atoms with E-state index in [-0.39, 0.29) is 5.76 Å². The lowest BCUT2D eigenvalue weighted by molar-refractivity contribution is 0.0561. The molecule has 0 bridgehead atoms. The Kier molecular flexibility index (Phi) is 4.36. The molecule has 1 fully saturated rings. The second kappa shape index (κ2) is 6.80. The van der Waals surface area contributed by atoms with E-state index in [2.05, 4.69) is 17.0 Å². The van der Waals surface area contributed by atoms with Crippen LogP contribution in [0, 0.1) is 0 Å². The van der Waals surface area contributed by atoms with E-state index >= 15 is 0 Å². The Hall–Kier alpha value is -2.47. The molecular formula is C19H21NO5. The van der Waals surface area contributed by atoms with Crippen LogP contribution < -0.4 is 9.47 Å². The van der Waals surface area contributed by atoms with E-state index in [1.165, 1.54) is 12.7 Å². The Morgan fingerprint density at radius 2 is 2.04 bits per heavy atom. The van der Waals surface area contributed by atoms with Crippen LogP contribution in [-0.2, 0) is 11.3 Å². The molecule has 2 aliphatic heterocycles. The number of hydrogen-bond acceptors (Lipinski definition) is 6. The van der Waals surface area contributed by atoms with Crippen LogP contribution in [0.2, 0.25) is 0 Å². The summed E-state index contributed by atoms with van der Waals surface area (Å²) >= 11 is 0. The van der Waals surface area contributed by atoms with Crippen LogP contribution in [0.25, 0.3) is 0 Å². The van der Waals surface area contributed by atoms with Gasteiger partial charge in [0.1, 0.15) is 19.0 Å². The summed E-state index contributed by atoms with van der Waals surface area (Å²) in [5.74, 6) is 2.20. The lowest BCUT2D eigenvalue weighted by atomic mass is 10.0. The van der Waals surface area contributed by atoms with Crippen molar-refractivity contribution in [1.82, 2.24) is 4.90 Å². The van der Waals surface area contributed by atoms with Gasteiger partial charge >= 0.3 is 5.97 Å². The zero-order valence-electron chi connectivity index (χ0n) is 14.2. The molecule has 0 N–H and O–H groups in total. The fraction of sp³-hybridized carbons (Fsp3) is 0.421. The molecule has 1 aromatic heterocycles. The van der Waals surface area contributed by atoms with Crippen molar-refractivity contribution < 1.29 is 23.4 Å². The number of likely N-dealkylation sites (tertiary alicyclic amines) is 1. The predicted molar refractivity (Wildman–Crippen MR) is 89.9 cm³/mol. The highest BCUT2D eigenvalue weighted by atomic mass is 16.6. The van der Waals surface area contributed by atoms with E-state index in [4.69, 9.17) is 18.6 Å². The predicted octanol–water partition coefficient (Wildman–Crippen LogP) is 3.17. The number of fused-ring (bicyclic) bond motifs is 1. The third kappa shape index (κ3) is 3.22. The van der Waals surface area contributed by atoms with Gasteiger partial charge in [0, 0.05) is 6.04 Å². The Balaban J connectivity index is 1.50. The number of methoxy groups -OCH3 is 1. The molecule has 132 valence electrons. The molecule has 0 radical (unpaired) electrons. The number of carbonyl (C=O) groups excluding carboxylic acids is 1. The van der Waals surface area contributed by atoms with Crippen LogP contribution in [0.4, 0.5) is 0 Å². The molecule has 4 rings (SSSR count). The average molecular weight is 343 g/mol. The molecule has 1 atom stereocenters. The number of hydrogen-bond donors (Lipinski definition) is 0. The van der Waals surface area contributed by atoms with E-state index < -0.39 is 5.97 Å². The van der Waals surface area contributed by atoms with Gasteiger partial charge in [0.2, 0.25) is 5.76 Å². The summed E-state index contributed by atoms with van der Waals surface area (Å²) in [5, 5.41) is 0. The number of carbonyl (C=O) groups is 1. The first-order valence-corrected chi connectivity index (χ1v) is 8.55. The van der Waals surface area contributed by atoms with E-state index in [0.29, 0.717) is 25.8 Å². The van der Waals surface area contributed by atoms with E-state index in [1.54, 1.807) is 6.07 Å². The number of nitrogens with zero attached hydrogens (tertiary/aromatic N) is 1. The Morgan fingerprint density at radius 3 is 2.88 bits per heavy atom. The second-order valence-electron chi connectivity index (χ2n) is 6.29. The molecule has 6 nitrogen and oxygen atoms in total. The molecule has 1 aromatic carbocycles. The first-order chi connectivity index (χ1) is 12.2. The Bertz CT molecular complexity index is 769. The largest absolute Gasteiger partial charge is 0.486 e. The van der Waals surface area contributed by atoms with Gasteiger partial charge in [0.25, 0.3) is 0 Å².